The summed E-state index contributed by atoms with van der Waals surface area (Å²) < 4.78 is 7.09. The van der Waals surface area contributed by atoms with Gasteiger partial charge in [-0.2, -0.15) is 0 Å². The molecule has 0 amide bonds. The summed E-state index contributed by atoms with van der Waals surface area (Å²) >= 11 is 0. The molecule has 0 radical (unpaired) electrons. The van der Waals surface area contributed by atoms with Crippen LogP contribution in [0.3, 0.4) is 0 Å². The highest BCUT2D eigenvalue weighted by Crippen LogP contribution is 2.28. The molecule has 0 fully saturated rings. The van der Waals surface area contributed by atoms with Crippen LogP contribution in [0, 0.1) is 13.8 Å². The Morgan fingerprint density at radius 3 is 2.62 bits per heavy atom. The van der Waals surface area contributed by atoms with E-state index in [0.717, 1.165) is 22.4 Å². The number of aromatic carboxylic acids is 1. The zero-order chi connectivity index (χ0) is 17.3. The summed E-state index contributed by atoms with van der Waals surface area (Å²) in [7, 11) is 1.60. The Hall–Kier alpha value is -3.08. The van der Waals surface area contributed by atoms with E-state index in [-0.39, 0.29) is 5.69 Å². The number of aryl methyl sites for hydroxylation is 1. The summed E-state index contributed by atoms with van der Waals surface area (Å²) in [6, 6.07) is 13.4. The fourth-order valence-electron chi connectivity index (χ4n) is 2.63. The highest BCUT2D eigenvalue weighted by atomic mass is 16.5. The second-order valence-electron chi connectivity index (χ2n) is 5.58. The molecule has 24 heavy (non-hydrogen) atoms. The van der Waals surface area contributed by atoms with Crippen LogP contribution in [-0.2, 0) is 0 Å². The van der Waals surface area contributed by atoms with Crippen molar-refractivity contribution in [2.75, 3.05) is 7.11 Å². The number of carboxylic acid groups (broad SMARTS) is 1. The number of methoxy groups -OCH3 is 1. The third-order valence-electron chi connectivity index (χ3n) is 4.09. The third-order valence-corrected chi connectivity index (χ3v) is 4.09. The molecule has 0 aliphatic heterocycles. The molecule has 1 N–H and O–H groups in total. The van der Waals surface area contributed by atoms with Crippen molar-refractivity contribution < 1.29 is 14.6 Å². The zero-order valence-electron chi connectivity index (χ0n) is 13.8. The average molecular weight is 322 g/mol. The predicted octanol–water partition coefficient (Wildman–Crippen LogP) is 3.86. The van der Waals surface area contributed by atoms with E-state index in [0.29, 0.717) is 11.6 Å². The Bertz CT molecular complexity index is 913. The molecule has 1 heterocycles. The maximum Gasteiger partial charge on any atom is 0.356 e. The summed E-state index contributed by atoms with van der Waals surface area (Å²) in [6.45, 7) is 4.04. The van der Waals surface area contributed by atoms with Crippen molar-refractivity contribution in [2.45, 2.75) is 13.8 Å². The van der Waals surface area contributed by atoms with Crippen molar-refractivity contribution in [1.82, 2.24) is 9.55 Å². The lowest BCUT2D eigenvalue weighted by atomic mass is 10.1. The molecule has 0 atom stereocenters. The van der Waals surface area contributed by atoms with Gasteiger partial charge in [0, 0.05) is 11.8 Å². The first kappa shape index (κ1) is 15.8. The summed E-state index contributed by atoms with van der Waals surface area (Å²) in [4.78, 5) is 15.7. The van der Waals surface area contributed by atoms with Crippen molar-refractivity contribution >= 4 is 5.97 Å². The summed E-state index contributed by atoms with van der Waals surface area (Å²) in [5, 5.41) is 9.34. The third kappa shape index (κ3) is 2.76. The number of nitrogens with zero attached hydrogens (tertiary/aromatic N) is 2. The van der Waals surface area contributed by atoms with Gasteiger partial charge in [-0.25, -0.2) is 9.78 Å². The Labute approximate surface area is 140 Å². The maximum atomic E-state index is 11.4. The molecule has 0 bridgehead atoms. The first-order chi connectivity index (χ1) is 11.5. The van der Waals surface area contributed by atoms with Gasteiger partial charge >= 0.3 is 5.97 Å². The van der Waals surface area contributed by atoms with E-state index in [1.54, 1.807) is 13.3 Å². The van der Waals surface area contributed by atoms with E-state index in [9.17, 15) is 9.90 Å². The van der Waals surface area contributed by atoms with Gasteiger partial charge in [0.1, 0.15) is 11.6 Å². The number of aromatic nitrogens is 2. The molecule has 0 saturated carbocycles. The van der Waals surface area contributed by atoms with Crippen LogP contribution in [0.2, 0.25) is 0 Å². The van der Waals surface area contributed by atoms with Gasteiger partial charge in [0.25, 0.3) is 0 Å². The molecule has 3 rings (SSSR count). The Morgan fingerprint density at radius 2 is 1.92 bits per heavy atom. The van der Waals surface area contributed by atoms with Crippen LogP contribution in [0.25, 0.3) is 17.1 Å². The number of rotatable bonds is 4. The van der Waals surface area contributed by atoms with Gasteiger partial charge < -0.3 is 9.84 Å². The Balaban J connectivity index is 2.25. The van der Waals surface area contributed by atoms with E-state index in [2.05, 4.69) is 4.98 Å². The van der Waals surface area contributed by atoms with Gasteiger partial charge in [0.15, 0.2) is 5.69 Å². The molecule has 122 valence electrons. The monoisotopic (exact) mass is 322 g/mol. The lowest BCUT2D eigenvalue weighted by molar-refractivity contribution is 0.0691. The molecule has 0 saturated heterocycles. The normalized spacial score (nSPS) is 10.6. The molecule has 5 heteroatoms. The number of hydrogen-bond acceptors (Lipinski definition) is 3. The second-order valence-corrected chi connectivity index (χ2v) is 5.58. The fourth-order valence-corrected chi connectivity index (χ4v) is 2.63. The van der Waals surface area contributed by atoms with Gasteiger partial charge in [-0.15, -0.1) is 0 Å². The minimum Gasteiger partial charge on any atom is -0.497 e. The lowest BCUT2D eigenvalue weighted by Gasteiger charge is -2.13. The van der Waals surface area contributed by atoms with Crippen LogP contribution in [0.1, 0.15) is 21.6 Å². The largest absolute Gasteiger partial charge is 0.497 e. The Morgan fingerprint density at radius 1 is 1.17 bits per heavy atom. The summed E-state index contributed by atoms with van der Waals surface area (Å²) in [5.74, 6) is 0.211. The molecule has 0 aliphatic carbocycles. The Kier molecular flexibility index (Phi) is 4.08. The van der Waals surface area contributed by atoms with Crippen LogP contribution in [-0.4, -0.2) is 27.7 Å². The van der Waals surface area contributed by atoms with Gasteiger partial charge in [0.05, 0.1) is 12.8 Å². The summed E-state index contributed by atoms with van der Waals surface area (Å²) in [5.41, 5.74) is 3.93. The average Bonchev–Trinajstić information content (AvgIpc) is 3.03. The first-order valence-corrected chi connectivity index (χ1v) is 7.55. The number of hydrogen-bond donors (Lipinski definition) is 1. The van der Waals surface area contributed by atoms with Crippen LogP contribution >= 0.6 is 0 Å². The minimum atomic E-state index is -1.05. The molecular formula is C19H18N2O3. The SMILES string of the molecule is COc1cccc(-c2nc(C(=O)O)cn2-c2cccc(C)c2C)c1. The first-order valence-electron chi connectivity index (χ1n) is 7.55. The van der Waals surface area contributed by atoms with Crippen molar-refractivity contribution in [3.63, 3.8) is 0 Å². The van der Waals surface area contributed by atoms with Crippen molar-refractivity contribution in [3.8, 4) is 22.8 Å². The van der Waals surface area contributed by atoms with E-state index >= 15 is 0 Å². The van der Waals surface area contributed by atoms with Crippen LogP contribution < -0.4 is 4.74 Å². The standard InChI is InChI=1S/C19H18N2O3/c1-12-6-4-9-17(13(12)2)21-11-16(19(22)23)20-18(21)14-7-5-8-15(10-14)24-3/h4-11H,1-3H3,(H,22,23). The topological polar surface area (TPSA) is 64.3 Å². The molecule has 5 nitrogen and oxygen atoms in total. The van der Waals surface area contributed by atoms with Crippen LogP contribution in [0.15, 0.2) is 48.7 Å². The number of imidazole rings is 1. The van der Waals surface area contributed by atoms with E-state index < -0.39 is 5.97 Å². The summed E-state index contributed by atoms with van der Waals surface area (Å²) in [6.07, 6.45) is 1.55. The highest BCUT2D eigenvalue weighted by Gasteiger charge is 2.17. The zero-order valence-corrected chi connectivity index (χ0v) is 13.8. The number of carbonyl (C=O) groups is 1. The van der Waals surface area contributed by atoms with Crippen molar-refractivity contribution in [3.05, 3.63) is 65.5 Å². The van der Waals surface area contributed by atoms with Gasteiger partial charge in [0.2, 0.25) is 0 Å². The van der Waals surface area contributed by atoms with E-state index in [4.69, 9.17) is 4.74 Å². The lowest BCUT2D eigenvalue weighted by Crippen LogP contribution is -2.00. The molecule has 0 unspecified atom stereocenters. The molecule has 3 aromatic rings. The number of benzene rings is 2. The minimum absolute atomic E-state index is 0.00808. The van der Waals surface area contributed by atoms with Gasteiger partial charge in [-0.1, -0.05) is 24.3 Å². The van der Waals surface area contributed by atoms with Crippen LogP contribution in [0.5, 0.6) is 5.75 Å². The van der Waals surface area contributed by atoms with Gasteiger partial charge in [-0.05, 0) is 43.2 Å². The molecular weight excluding hydrogens is 304 g/mol. The maximum absolute atomic E-state index is 11.4. The number of carboxylic acids is 1. The van der Waals surface area contributed by atoms with Gasteiger partial charge in [-0.3, -0.25) is 4.57 Å². The molecule has 0 spiro atoms. The van der Waals surface area contributed by atoms with E-state index in [1.165, 1.54) is 0 Å². The molecule has 0 aliphatic rings. The van der Waals surface area contributed by atoms with E-state index in [1.807, 2.05) is 60.9 Å². The highest BCUT2D eigenvalue weighted by molar-refractivity contribution is 5.86. The smallest absolute Gasteiger partial charge is 0.356 e. The van der Waals surface area contributed by atoms with Crippen molar-refractivity contribution in [1.29, 1.82) is 0 Å². The second kappa shape index (κ2) is 6.20. The molecule has 2 aromatic carbocycles. The predicted molar refractivity (Wildman–Crippen MR) is 92.0 cm³/mol. The fraction of sp³-hybridized carbons (Fsp3) is 0.158. The number of ether oxygens (including phenoxy) is 1. The quantitative estimate of drug-likeness (QED) is 0.792. The van der Waals surface area contributed by atoms with Crippen LogP contribution in [0.4, 0.5) is 0 Å². The van der Waals surface area contributed by atoms with Crippen molar-refractivity contribution in [2.24, 2.45) is 0 Å². The molecule has 1 aromatic heterocycles.